The number of benzene rings is 2. The van der Waals surface area contributed by atoms with Gasteiger partial charge in [-0.2, -0.15) is 5.10 Å². The van der Waals surface area contributed by atoms with E-state index < -0.39 is 0 Å². The second kappa shape index (κ2) is 10.5. The molecule has 2 aromatic carbocycles. The second-order valence-corrected chi connectivity index (χ2v) is 9.49. The van der Waals surface area contributed by atoms with E-state index in [1.807, 2.05) is 41.9 Å². The normalized spacial score (nSPS) is 17.8. The molecule has 1 saturated carbocycles. The number of hydrogen-bond donors (Lipinski definition) is 2. The third kappa shape index (κ3) is 5.09. The van der Waals surface area contributed by atoms with Gasteiger partial charge in [-0.25, -0.2) is 14.6 Å². The molecule has 36 heavy (non-hydrogen) atoms. The highest BCUT2D eigenvalue weighted by Gasteiger charge is 2.25. The molecule has 2 N–H and O–H groups in total. The maximum Gasteiger partial charge on any atom is 0.251 e. The smallest absolute Gasteiger partial charge is 0.251 e. The molecule has 0 bridgehead atoms. The van der Waals surface area contributed by atoms with Gasteiger partial charge in [0.2, 0.25) is 0 Å². The van der Waals surface area contributed by atoms with Crippen molar-refractivity contribution in [2.45, 2.75) is 58.2 Å². The van der Waals surface area contributed by atoms with Gasteiger partial charge in [-0.1, -0.05) is 35.9 Å². The molecule has 8 nitrogen and oxygen atoms in total. The van der Waals surface area contributed by atoms with Crippen molar-refractivity contribution in [3.63, 3.8) is 0 Å². The third-order valence-corrected chi connectivity index (χ3v) is 6.74. The first kappa shape index (κ1) is 23.9. The molecular weight excluding hydrogens is 452 g/mol. The SMILES string of the molecule is COCc1nc(NC2CCC(NC(=O)c3ccccc3)CC2)c2c(C)nn(-c3ccc(C)cc3)c2n1. The van der Waals surface area contributed by atoms with E-state index in [0.29, 0.717) is 18.0 Å². The fourth-order valence-electron chi connectivity index (χ4n) is 4.83. The monoisotopic (exact) mass is 484 g/mol. The summed E-state index contributed by atoms with van der Waals surface area (Å²) in [6.45, 7) is 4.38. The van der Waals surface area contributed by atoms with Gasteiger partial charge in [0.25, 0.3) is 5.91 Å². The van der Waals surface area contributed by atoms with Crippen LogP contribution in [-0.4, -0.2) is 44.8 Å². The molecule has 0 radical (unpaired) electrons. The summed E-state index contributed by atoms with van der Waals surface area (Å²) in [5, 5.41) is 12.6. The Morgan fingerprint density at radius 1 is 0.972 bits per heavy atom. The molecule has 4 aromatic rings. The highest BCUT2D eigenvalue weighted by molar-refractivity contribution is 5.94. The van der Waals surface area contributed by atoms with Crippen molar-refractivity contribution in [2.75, 3.05) is 12.4 Å². The van der Waals surface area contributed by atoms with Crippen LogP contribution in [0.3, 0.4) is 0 Å². The van der Waals surface area contributed by atoms with Crippen molar-refractivity contribution >= 4 is 22.8 Å². The maximum absolute atomic E-state index is 12.5. The number of amides is 1. The van der Waals surface area contributed by atoms with Crippen LogP contribution in [0, 0.1) is 13.8 Å². The number of carbonyl (C=O) groups is 1. The van der Waals surface area contributed by atoms with Crippen LogP contribution in [0.15, 0.2) is 54.6 Å². The molecule has 1 aliphatic rings. The van der Waals surface area contributed by atoms with E-state index in [4.69, 9.17) is 19.8 Å². The van der Waals surface area contributed by atoms with Gasteiger partial charge in [-0.15, -0.1) is 0 Å². The number of aromatic nitrogens is 4. The number of fused-ring (bicyclic) bond motifs is 1. The summed E-state index contributed by atoms with van der Waals surface area (Å²) in [5.74, 6) is 1.40. The van der Waals surface area contributed by atoms with Gasteiger partial charge in [-0.3, -0.25) is 4.79 Å². The Morgan fingerprint density at radius 3 is 2.36 bits per heavy atom. The van der Waals surface area contributed by atoms with Crippen LogP contribution in [0.5, 0.6) is 0 Å². The number of ether oxygens (including phenoxy) is 1. The van der Waals surface area contributed by atoms with E-state index in [1.165, 1.54) is 5.56 Å². The zero-order chi connectivity index (χ0) is 25.1. The number of methoxy groups -OCH3 is 1. The molecule has 0 aliphatic heterocycles. The first-order valence-electron chi connectivity index (χ1n) is 12.5. The number of nitrogens with one attached hydrogen (secondary N) is 2. The van der Waals surface area contributed by atoms with Gasteiger partial charge in [-0.05, 0) is 63.8 Å². The van der Waals surface area contributed by atoms with E-state index >= 15 is 0 Å². The predicted molar refractivity (Wildman–Crippen MR) is 140 cm³/mol. The molecule has 0 unspecified atom stereocenters. The number of carbonyl (C=O) groups excluding carboxylic acids is 1. The van der Waals surface area contributed by atoms with Crippen LogP contribution in [0.2, 0.25) is 0 Å². The largest absolute Gasteiger partial charge is 0.377 e. The highest BCUT2D eigenvalue weighted by atomic mass is 16.5. The Balaban J connectivity index is 1.34. The van der Waals surface area contributed by atoms with Gasteiger partial charge >= 0.3 is 0 Å². The highest BCUT2D eigenvalue weighted by Crippen LogP contribution is 2.29. The van der Waals surface area contributed by atoms with Gasteiger partial charge < -0.3 is 15.4 Å². The average molecular weight is 485 g/mol. The van der Waals surface area contributed by atoms with Gasteiger partial charge in [0.15, 0.2) is 11.5 Å². The lowest BCUT2D eigenvalue weighted by molar-refractivity contribution is 0.0926. The fraction of sp³-hybridized carbons (Fsp3) is 0.357. The number of anilines is 1. The van der Waals surface area contributed by atoms with Crippen LogP contribution in [-0.2, 0) is 11.3 Å². The van der Waals surface area contributed by atoms with Crippen LogP contribution in [0.25, 0.3) is 16.7 Å². The summed E-state index contributed by atoms with van der Waals surface area (Å²) in [6, 6.07) is 18.1. The summed E-state index contributed by atoms with van der Waals surface area (Å²) in [6.07, 6.45) is 3.71. The molecule has 186 valence electrons. The van der Waals surface area contributed by atoms with E-state index in [-0.39, 0.29) is 18.0 Å². The molecule has 1 fully saturated rings. The molecule has 2 heterocycles. The Kier molecular flexibility index (Phi) is 6.95. The molecule has 8 heteroatoms. The molecule has 5 rings (SSSR count). The van der Waals surface area contributed by atoms with Crippen LogP contribution >= 0.6 is 0 Å². The number of aryl methyl sites for hydroxylation is 2. The van der Waals surface area contributed by atoms with Crippen molar-refractivity contribution in [1.82, 2.24) is 25.1 Å². The fourth-order valence-corrected chi connectivity index (χ4v) is 4.83. The van der Waals surface area contributed by atoms with Crippen LogP contribution in [0.4, 0.5) is 5.82 Å². The Morgan fingerprint density at radius 2 is 1.67 bits per heavy atom. The summed E-state index contributed by atoms with van der Waals surface area (Å²) >= 11 is 0. The number of nitrogens with zero attached hydrogens (tertiary/aromatic N) is 4. The van der Waals surface area contributed by atoms with Crippen molar-refractivity contribution in [3.05, 3.63) is 77.2 Å². The lowest BCUT2D eigenvalue weighted by Gasteiger charge is -2.30. The van der Waals surface area contributed by atoms with Crippen molar-refractivity contribution < 1.29 is 9.53 Å². The maximum atomic E-state index is 12.5. The zero-order valence-corrected chi connectivity index (χ0v) is 21.0. The molecule has 0 saturated heterocycles. The number of hydrogen-bond acceptors (Lipinski definition) is 6. The van der Waals surface area contributed by atoms with E-state index in [1.54, 1.807) is 7.11 Å². The second-order valence-electron chi connectivity index (χ2n) is 9.49. The first-order chi connectivity index (χ1) is 17.5. The van der Waals surface area contributed by atoms with E-state index in [0.717, 1.165) is 53.9 Å². The van der Waals surface area contributed by atoms with E-state index in [9.17, 15) is 4.79 Å². The minimum Gasteiger partial charge on any atom is -0.377 e. The zero-order valence-electron chi connectivity index (χ0n) is 21.0. The molecular formula is C28H32N6O2. The van der Waals surface area contributed by atoms with Gasteiger partial charge in [0.1, 0.15) is 12.4 Å². The Hall–Kier alpha value is -3.78. The van der Waals surface area contributed by atoms with Crippen molar-refractivity contribution in [2.24, 2.45) is 0 Å². The van der Waals surface area contributed by atoms with Crippen molar-refractivity contribution in [1.29, 1.82) is 0 Å². The summed E-state index contributed by atoms with van der Waals surface area (Å²) < 4.78 is 7.24. The van der Waals surface area contributed by atoms with Crippen molar-refractivity contribution in [3.8, 4) is 5.69 Å². The summed E-state index contributed by atoms with van der Waals surface area (Å²) in [5.41, 5.74) is 4.50. The molecule has 1 aliphatic carbocycles. The Labute approximate surface area is 211 Å². The standard InChI is InChI=1S/C28H32N6O2/c1-18-9-15-23(16-10-18)34-27-25(19(2)33-34)26(31-24(32-27)17-36-3)29-21-11-13-22(14-12-21)30-28(35)20-7-5-4-6-8-20/h4-10,15-16,21-22H,11-14,17H2,1-3H3,(H,30,35)(H,29,31,32). The molecule has 0 spiro atoms. The molecule has 0 atom stereocenters. The lowest BCUT2D eigenvalue weighted by Crippen LogP contribution is -2.40. The minimum absolute atomic E-state index is 0.00660. The average Bonchev–Trinajstić information content (AvgIpc) is 3.23. The third-order valence-electron chi connectivity index (χ3n) is 6.74. The quantitative estimate of drug-likeness (QED) is 0.394. The molecule has 2 aromatic heterocycles. The van der Waals surface area contributed by atoms with Crippen LogP contribution < -0.4 is 10.6 Å². The van der Waals surface area contributed by atoms with Crippen LogP contribution in [0.1, 0.15) is 53.1 Å². The summed E-state index contributed by atoms with van der Waals surface area (Å²) in [7, 11) is 1.65. The van der Waals surface area contributed by atoms with Gasteiger partial charge in [0, 0.05) is 24.8 Å². The minimum atomic E-state index is -0.00660. The Bertz CT molecular complexity index is 1340. The predicted octanol–water partition coefficient (Wildman–Crippen LogP) is 4.73. The first-order valence-corrected chi connectivity index (χ1v) is 12.5. The lowest BCUT2D eigenvalue weighted by atomic mass is 9.91. The summed E-state index contributed by atoms with van der Waals surface area (Å²) in [4.78, 5) is 22.1. The van der Waals surface area contributed by atoms with Gasteiger partial charge in [0.05, 0.1) is 16.8 Å². The number of rotatable bonds is 7. The topological polar surface area (TPSA) is 94.0 Å². The van der Waals surface area contributed by atoms with E-state index in [2.05, 4.69) is 41.8 Å². The molecule has 1 amide bonds.